The fourth-order valence-electron chi connectivity index (χ4n) is 2.44. The van der Waals surface area contributed by atoms with Crippen LogP contribution in [0.15, 0.2) is 48.4 Å². The zero-order valence-electron chi connectivity index (χ0n) is 12.9. The minimum absolute atomic E-state index is 0.0569. The van der Waals surface area contributed by atoms with E-state index >= 15 is 0 Å². The van der Waals surface area contributed by atoms with Crippen molar-refractivity contribution in [3.8, 4) is 5.69 Å². The second-order valence-corrected chi connectivity index (χ2v) is 5.19. The molecule has 9 nitrogen and oxygen atoms in total. The number of anilines is 1. The fourth-order valence-corrected chi connectivity index (χ4v) is 2.44. The molecule has 0 spiro atoms. The highest BCUT2D eigenvalue weighted by Gasteiger charge is 2.31. The molecule has 0 aliphatic carbocycles. The van der Waals surface area contributed by atoms with Gasteiger partial charge in [0.25, 0.3) is 11.8 Å². The third-order valence-corrected chi connectivity index (χ3v) is 3.60. The van der Waals surface area contributed by atoms with E-state index in [-0.39, 0.29) is 30.1 Å². The molecule has 25 heavy (non-hydrogen) atoms. The number of aliphatic hydroxyl groups is 1. The summed E-state index contributed by atoms with van der Waals surface area (Å²) in [6.45, 7) is -0.480. The van der Waals surface area contributed by atoms with Gasteiger partial charge >= 0.3 is 5.97 Å². The number of β-amino-alcohol motifs (C(OH)–C–C–N with tert-alkyl or cyclic N) is 1. The van der Waals surface area contributed by atoms with Gasteiger partial charge < -0.3 is 15.5 Å². The number of aromatic nitrogens is 2. The molecular formula is C16H14N4O5. The Morgan fingerprint density at radius 2 is 2.08 bits per heavy atom. The Labute approximate surface area is 141 Å². The maximum atomic E-state index is 12.2. The summed E-state index contributed by atoms with van der Waals surface area (Å²) in [5, 5.41) is 25.0. The molecule has 0 atom stereocenters. The summed E-state index contributed by atoms with van der Waals surface area (Å²) in [5.41, 5.74) is 0.622. The second kappa shape index (κ2) is 6.57. The quantitative estimate of drug-likeness (QED) is 0.642. The average molecular weight is 342 g/mol. The Balaban J connectivity index is 1.95. The topological polar surface area (TPSA) is 125 Å². The molecule has 0 saturated heterocycles. The number of benzene rings is 1. The maximum Gasteiger partial charge on any atom is 0.337 e. The van der Waals surface area contributed by atoms with Crippen LogP contribution in [0.1, 0.15) is 10.4 Å². The van der Waals surface area contributed by atoms with Crippen LogP contribution >= 0.6 is 0 Å². The van der Waals surface area contributed by atoms with E-state index in [1.165, 1.54) is 16.8 Å². The highest BCUT2D eigenvalue weighted by molar-refractivity contribution is 6.17. The van der Waals surface area contributed by atoms with Gasteiger partial charge in [0.1, 0.15) is 5.70 Å². The Bertz CT molecular complexity index is 873. The van der Waals surface area contributed by atoms with E-state index in [0.717, 1.165) is 11.0 Å². The minimum atomic E-state index is -1.18. The third-order valence-electron chi connectivity index (χ3n) is 3.60. The summed E-state index contributed by atoms with van der Waals surface area (Å²) < 4.78 is 1.53. The number of amides is 2. The van der Waals surface area contributed by atoms with Crippen LogP contribution in [0.25, 0.3) is 5.69 Å². The summed E-state index contributed by atoms with van der Waals surface area (Å²) in [6.07, 6.45) is 4.34. The average Bonchev–Trinajstić information content (AvgIpc) is 3.20. The van der Waals surface area contributed by atoms with Gasteiger partial charge in [0.15, 0.2) is 0 Å². The van der Waals surface area contributed by atoms with Crippen LogP contribution in [-0.2, 0) is 9.59 Å². The van der Waals surface area contributed by atoms with Gasteiger partial charge in [-0.25, -0.2) is 9.48 Å². The van der Waals surface area contributed by atoms with Crippen molar-refractivity contribution in [2.45, 2.75) is 0 Å². The first kappa shape index (κ1) is 16.4. The highest BCUT2D eigenvalue weighted by Crippen LogP contribution is 2.24. The summed E-state index contributed by atoms with van der Waals surface area (Å²) in [7, 11) is 0. The number of imide groups is 1. The van der Waals surface area contributed by atoms with E-state index in [9.17, 15) is 19.5 Å². The van der Waals surface area contributed by atoms with Crippen LogP contribution in [0.3, 0.4) is 0 Å². The number of carbonyl (C=O) groups excluding carboxylic acids is 2. The second-order valence-electron chi connectivity index (χ2n) is 5.19. The molecule has 1 aromatic heterocycles. The molecule has 0 unspecified atom stereocenters. The summed E-state index contributed by atoms with van der Waals surface area (Å²) in [6, 6.07) is 6.20. The molecule has 0 fully saturated rings. The number of hydrogen-bond donors (Lipinski definition) is 3. The Hall–Kier alpha value is -3.46. The number of carboxylic acids is 1. The zero-order chi connectivity index (χ0) is 18.0. The van der Waals surface area contributed by atoms with Crippen LogP contribution in [0, 0.1) is 0 Å². The van der Waals surface area contributed by atoms with E-state index in [0.29, 0.717) is 5.69 Å². The van der Waals surface area contributed by atoms with E-state index in [1.54, 1.807) is 24.5 Å². The van der Waals surface area contributed by atoms with E-state index in [1.807, 2.05) is 0 Å². The zero-order valence-corrected chi connectivity index (χ0v) is 12.9. The predicted octanol–water partition coefficient (Wildman–Crippen LogP) is 0.227. The predicted molar refractivity (Wildman–Crippen MR) is 86.0 cm³/mol. The molecule has 1 aliphatic rings. The first-order valence-electron chi connectivity index (χ1n) is 7.34. The lowest BCUT2D eigenvalue weighted by atomic mass is 10.1. The maximum absolute atomic E-state index is 12.2. The largest absolute Gasteiger partial charge is 0.478 e. The van der Waals surface area contributed by atoms with Crippen molar-refractivity contribution in [1.29, 1.82) is 0 Å². The van der Waals surface area contributed by atoms with Crippen molar-refractivity contribution >= 4 is 23.5 Å². The van der Waals surface area contributed by atoms with Crippen molar-refractivity contribution in [3.63, 3.8) is 0 Å². The SMILES string of the molecule is O=C(O)c1ccc(-n2cccn2)cc1NC1=CC(=O)N(CCO)C1=O. The number of hydrogen-bond acceptors (Lipinski definition) is 6. The molecule has 0 radical (unpaired) electrons. The number of rotatable bonds is 6. The molecule has 3 rings (SSSR count). The first-order chi connectivity index (χ1) is 12.0. The first-order valence-corrected chi connectivity index (χ1v) is 7.34. The lowest BCUT2D eigenvalue weighted by molar-refractivity contribution is -0.137. The Kier molecular flexibility index (Phi) is 4.31. The Morgan fingerprint density at radius 1 is 1.28 bits per heavy atom. The van der Waals surface area contributed by atoms with Gasteiger partial charge in [-0.3, -0.25) is 14.5 Å². The number of nitrogens with one attached hydrogen (secondary N) is 1. The molecule has 0 saturated carbocycles. The number of aromatic carboxylic acids is 1. The molecule has 2 heterocycles. The molecule has 9 heteroatoms. The van der Waals surface area contributed by atoms with Crippen molar-refractivity contribution < 1.29 is 24.6 Å². The highest BCUT2D eigenvalue weighted by atomic mass is 16.4. The van der Waals surface area contributed by atoms with Crippen LogP contribution < -0.4 is 5.32 Å². The molecule has 1 aliphatic heterocycles. The summed E-state index contributed by atoms with van der Waals surface area (Å²) in [5.74, 6) is -2.37. The standard InChI is InChI=1S/C16H14N4O5/c21-7-6-19-14(22)9-13(15(19)23)18-12-8-10(20-5-1-4-17-20)2-3-11(12)16(24)25/h1-5,8-9,18,21H,6-7H2,(H,24,25). The van der Waals surface area contributed by atoms with Gasteiger partial charge in [0.05, 0.1) is 30.1 Å². The fraction of sp³-hybridized carbons (Fsp3) is 0.125. The van der Waals surface area contributed by atoms with Gasteiger partial charge in [-0.15, -0.1) is 0 Å². The Morgan fingerprint density at radius 3 is 2.72 bits per heavy atom. The molecule has 128 valence electrons. The molecule has 2 aromatic rings. The van der Waals surface area contributed by atoms with Crippen LogP contribution in [-0.4, -0.2) is 55.8 Å². The number of aliphatic hydroxyl groups excluding tert-OH is 1. The summed E-state index contributed by atoms with van der Waals surface area (Å²) >= 11 is 0. The monoisotopic (exact) mass is 342 g/mol. The van der Waals surface area contributed by atoms with Gasteiger partial charge in [0, 0.05) is 18.5 Å². The van der Waals surface area contributed by atoms with E-state index in [2.05, 4.69) is 10.4 Å². The van der Waals surface area contributed by atoms with Crippen LogP contribution in [0.2, 0.25) is 0 Å². The van der Waals surface area contributed by atoms with E-state index < -0.39 is 17.8 Å². The molecular weight excluding hydrogens is 328 g/mol. The van der Waals surface area contributed by atoms with Crippen molar-refractivity contribution in [2.24, 2.45) is 0 Å². The lowest BCUT2D eigenvalue weighted by Gasteiger charge is -2.15. The van der Waals surface area contributed by atoms with Crippen LogP contribution in [0.5, 0.6) is 0 Å². The van der Waals surface area contributed by atoms with Crippen molar-refractivity contribution in [1.82, 2.24) is 14.7 Å². The summed E-state index contributed by atoms with van der Waals surface area (Å²) in [4.78, 5) is 36.3. The molecule has 0 bridgehead atoms. The van der Waals surface area contributed by atoms with Gasteiger partial charge in [-0.05, 0) is 24.3 Å². The lowest BCUT2D eigenvalue weighted by Crippen LogP contribution is -2.34. The smallest absolute Gasteiger partial charge is 0.337 e. The van der Waals surface area contributed by atoms with Gasteiger partial charge in [0.2, 0.25) is 0 Å². The number of carbonyl (C=O) groups is 3. The minimum Gasteiger partial charge on any atom is -0.478 e. The van der Waals surface area contributed by atoms with Gasteiger partial charge in [-0.1, -0.05) is 0 Å². The normalized spacial score (nSPS) is 14.0. The number of carboxylic acid groups (broad SMARTS) is 1. The number of nitrogens with zero attached hydrogens (tertiary/aromatic N) is 3. The molecule has 3 N–H and O–H groups in total. The van der Waals surface area contributed by atoms with E-state index in [4.69, 9.17) is 5.11 Å². The van der Waals surface area contributed by atoms with Crippen molar-refractivity contribution in [3.05, 3.63) is 54.0 Å². The molecule has 2 amide bonds. The third kappa shape index (κ3) is 3.12. The van der Waals surface area contributed by atoms with Crippen molar-refractivity contribution in [2.75, 3.05) is 18.5 Å². The van der Waals surface area contributed by atoms with Gasteiger partial charge in [-0.2, -0.15) is 5.10 Å². The van der Waals surface area contributed by atoms with Crippen LogP contribution in [0.4, 0.5) is 5.69 Å². The molecule has 1 aromatic carbocycles.